The monoisotopic (exact) mass is 207 g/mol. The van der Waals surface area contributed by atoms with Gasteiger partial charge in [0, 0.05) is 24.7 Å². The van der Waals surface area contributed by atoms with E-state index in [0.717, 1.165) is 0 Å². The van der Waals surface area contributed by atoms with Crippen molar-refractivity contribution in [3.63, 3.8) is 0 Å². The zero-order valence-corrected chi connectivity index (χ0v) is 8.97. The minimum atomic E-state index is -0.577. The lowest BCUT2D eigenvalue weighted by Crippen LogP contribution is -2.48. The summed E-state index contributed by atoms with van der Waals surface area (Å²) in [6.45, 7) is 5.33. The van der Waals surface area contributed by atoms with Gasteiger partial charge in [0.2, 0.25) is 5.56 Å². The fourth-order valence-corrected chi connectivity index (χ4v) is 1.46. The summed E-state index contributed by atoms with van der Waals surface area (Å²) in [5.41, 5.74) is -0.0864. The number of aromatic nitrogens is 1. The van der Waals surface area contributed by atoms with E-state index in [0.29, 0.717) is 13.2 Å². The molecule has 0 bridgehead atoms. The van der Waals surface area contributed by atoms with Crippen LogP contribution in [0.5, 0.6) is 0 Å². The Morgan fingerprint density at radius 3 is 2.60 bits per heavy atom. The maximum Gasteiger partial charge on any atom is 0.600 e. The van der Waals surface area contributed by atoms with Crippen LogP contribution in [-0.2, 0) is 9.31 Å². The third kappa shape index (κ3) is 2.30. The first-order chi connectivity index (χ1) is 7.08. The Morgan fingerprint density at radius 1 is 1.33 bits per heavy atom. The highest BCUT2D eigenvalue weighted by Crippen LogP contribution is 2.21. The van der Waals surface area contributed by atoms with Crippen LogP contribution in [0.25, 0.3) is 0 Å². The van der Waals surface area contributed by atoms with Crippen molar-refractivity contribution in [2.75, 3.05) is 13.2 Å². The van der Waals surface area contributed by atoms with E-state index >= 15 is 0 Å². The molecule has 1 aliphatic heterocycles. The topological polar surface area (TPSA) is 40.5 Å². The van der Waals surface area contributed by atoms with Gasteiger partial charge < -0.3 is 13.8 Å². The first kappa shape index (κ1) is 10.5. The summed E-state index contributed by atoms with van der Waals surface area (Å²) in [6.07, 6.45) is 1.67. The largest absolute Gasteiger partial charge is 0.600 e. The molecule has 5 heteroatoms. The molecule has 4 nitrogen and oxygen atoms in total. The van der Waals surface area contributed by atoms with E-state index in [1.807, 2.05) is 0 Å². The van der Waals surface area contributed by atoms with E-state index in [4.69, 9.17) is 9.31 Å². The molecule has 0 amide bonds. The van der Waals surface area contributed by atoms with Crippen molar-refractivity contribution in [1.82, 2.24) is 4.48 Å². The van der Waals surface area contributed by atoms with Gasteiger partial charge in [0.1, 0.15) is 0 Å². The second-order valence-electron chi connectivity index (χ2n) is 4.54. The van der Waals surface area contributed by atoms with Gasteiger partial charge in [-0.25, -0.2) is 0 Å². The molecule has 0 spiro atoms. The maximum absolute atomic E-state index is 11.5. The normalized spacial score (nSPS) is 20.3. The number of hydrogen-bond donors (Lipinski definition) is 0. The minimum absolute atomic E-state index is 0.0227. The molecule has 0 radical (unpaired) electrons. The Balaban J connectivity index is 2.15. The summed E-state index contributed by atoms with van der Waals surface area (Å²) in [4.78, 5) is 11.5. The SMILES string of the molecule is CC1(C)COB(n2ccccc2=O)OC1. The van der Waals surface area contributed by atoms with Crippen molar-refractivity contribution in [1.29, 1.82) is 0 Å². The molecule has 0 N–H and O–H groups in total. The van der Waals surface area contributed by atoms with Crippen LogP contribution in [0.4, 0.5) is 0 Å². The molecule has 2 rings (SSSR count). The van der Waals surface area contributed by atoms with E-state index in [1.165, 1.54) is 10.5 Å². The van der Waals surface area contributed by atoms with Crippen molar-refractivity contribution in [3.05, 3.63) is 34.7 Å². The molecule has 0 saturated carbocycles. The molecule has 1 fully saturated rings. The maximum atomic E-state index is 11.5. The molecule has 0 aromatic carbocycles. The standard InChI is InChI=1S/C10H14BNO3/c1-10(2)7-14-11(15-8-10)12-6-4-3-5-9(12)13/h3-6H,7-8H2,1-2H3. The fourth-order valence-electron chi connectivity index (χ4n) is 1.46. The molecule has 1 aliphatic rings. The van der Waals surface area contributed by atoms with Crippen molar-refractivity contribution in [2.24, 2.45) is 5.41 Å². The van der Waals surface area contributed by atoms with Gasteiger partial charge in [-0.2, -0.15) is 0 Å². The molecule has 1 aromatic rings. The van der Waals surface area contributed by atoms with Crippen LogP contribution in [0, 0.1) is 5.41 Å². The number of pyridine rings is 1. The van der Waals surface area contributed by atoms with Crippen molar-refractivity contribution < 1.29 is 9.31 Å². The van der Waals surface area contributed by atoms with Gasteiger partial charge >= 0.3 is 7.25 Å². The highest BCUT2D eigenvalue weighted by molar-refractivity contribution is 6.42. The molecule has 0 unspecified atom stereocenters. The van der Waals surface area contributed by atoms with E-state index in [1.54, 1.807) is 18.3 Å². The molecular weight excluding hydrogens is 193 g/mol. The summed E-state index contributed by atoms with van der Waals surface area (Å²) in [5, 5.41) is 0. The number of nitrogens with zero attached hydrogens (tertiary/aromatic N) is 1. The van der Waals surface area contributed by atoms with E-state index in [-0.39, 0.29) is 11.0 Å². The summed E-state index contributed by atoms with van der Waals surface area (Å²) >= 11 is 0. The zero-order valence-electron chi connectivity index (χ0n) is 8.97. The molecule has 0 atom stereocenters. The van der Waals surface area contributed by atoms with E-state index < -0.39 is 7.25 Å². The lowest BCUT2D eigenvalue weighted by Gasteiger charge is -2.32. The van der Waals surface area contributed by atoms with Crippen molar-refractivity contribution >= 4 is 7.25 Å². The van der Waals surface area contributed by atoms with Gasteiger partial charge in [-0.1, -0.05) is 19.9 Å². The van der Waals surface area contributed by atoms with E-state index in [9.17, 15) is 4.79 Å². The first-order valence-electron chi connectivity index (χ1n) is 4.99. The van der Waals surface area contributed by atoms with Gasteiger partial charge in [-0.3, -0.25) is 4.79 Å². The second kappa shape index (κ2) is 3.83. The minimum Gasteiger partial charge on any atom is -0.391 e. The average molecular weight is 207 g/mol. The summed E-state index contributed by atoms with van der Waals surface area (Å²) in [7, 11) is -0.577. The summed E-state index contributed by atoms with van der Waals surface area (Å²) in [6, 6.07) is 4.98. The molecule has 1 saturated heterocycles. The summed E-state index contributed by atoms with van der Waals surface area (Å²) < 4.78 is 12.5. The molecular formula is C10H14BNO3. The fraction of sp³-hybridized carbons (Fsp3) is 0.500. The van der Waals surface area contributed by atoms with Gasteiger partial charge in [0.15, 0.2) is 0 Å². The first-order valence-corrected chi connectivity index (χ1v) is 4.99. The number of hydrogen-bond acceptors (Lipinski definition) is 3. The lowest BCUT2D eigenvalue weighted by molar-refractivity contribution is 0.0236. The van der Waals surface area contributed by atoms with Crippen molar-refractivity contribution in [3.8, 4) is 0 Å². The Hall–Kier alpha value is -1.07. The third-order valence-corrected chi connectivity index (χ3v) is 2.31. The van der Waals surface area contributed by atoms with Crippen LogP contribution in [0.2, 0.25) is 0 Å². The van der Waals surface area contributed by atoms with Gasteiger partial charge in [-0.05, 0) is 12.3 Å². The van der Waals surface area contributed by atoms with Crippen LogP contribution >= 0.6 is 0 Å². The Kier molecular flexibility index (Phi) is 2.67. The highest BCUT2D eigenvalue weighted by atomic mass is 16.6. The third-order valence-electron chi connectivity index (χ3n) is 2.31. The van der Waals surface area contributed by atoms with Crippen LogP contribution in [0.3, 0.4) is 0 Å². The van der Waals surface area contributed by atoms with Crippen LogP contribution in [0.15, 0.2) is 29.2 Å². The Morgan fingerprint density at radius 2 is 2.00 bits per heavy atom. The molecule has 2 heterocycles. The predicted octanol–water partition coefficient (Wildman–Crippen LogP) is 0.754. The average Bonchev–Trinajstić information content (AvgIpc) is 2.19. The summed E-state index contributed by atoms with van der Waals surface area (Å²) in [5.74, 6) is 0. The lowest BCUT2D eigenvalue weighted by atomic mass is 9.91. The van der Waals surface area contributed by atoms with Crippen LogP contribution < -0.4 is 5.56 Å². The van der Waals surface area contributed by atoms with Gasteiger partial charge in [0.25, 0.3) is 0 Å². The predicted molar refractivity (Wildman–Crippen MR) is 57.5 cm³/mol. The smallest absolute Gasteiger partial charge is 0.391 e. The number of rotatable bonds is 1. The van der Waals surface area contributed by atoms with Crippen molar-refractivity contribution in [2.45, 2.75) is 13.8 Å². The molecule has 80 valence electrons. The van der Waals surface area contributed by atoms with Gasteiger partial charge in [0.05, 0.1) is 0 Å². The van der Waals surface area contributed by atoms with Gasteiger partial charge in [-0.15, -0.1) is 0 Å². The Bertz CT molecular complexity index is 392. The molecule has 0 aliphatic carbocycles. The Labute approximate surface area is 89.0 Å². The highest BCUT2D eigenvalue weighted by Gasteiger charge is 2.34. The quantitative estimate of drug-likeness (QED) is 0.638. The van der Waals surface area contributed by atoms with Crippen LogP contribution in [0.1, 0.15) is 13.8 Å². The van der Waals surface area contributed by atoms with Crippen LogP contribution in [-0.4, -0.2) is 24.9 Å². The zero-order chi connectivity index (χ0) is 10.9. The molecule has 15 heavy (non-hydrogen) atoms. The molecule has 1 aromatic heterocycles. The second-order valence-corrected chi connectivity index (χ2v) is 4.54. The van der Waals surface area contributed by atoms with E-state index in [2.05, 4.69) is 13.8 Å².